The highest BCUT2D eigenvalue weighted by atomic mass is 79.9. The van der Waals surface area contributed by atoms with Crippen molar-refractivity contribution in [3.05, 3.63) is 33.8 Å². The highest BCUT2D eigenvalue weighted by Crippen LogP contribution is 2.38. The zero-order valence-electron chi connectivity index (χ0n) is 9.95. The maximum absolute atomic E-state index is 12.5. The summed E-state index contributed by atoms with van der Waals surface area (Å²) < 4.78 is 0.982. The molecule has 0 spiro atoms. The molecule has 1 saturated carbocycles. The van der Waals surface area contributed by atoms with Gasteiger partial charge in [0.25, 0.3) is 5.91 Å². The first-order valence-corrected chi connectivity index (χ1v) is 7.01. The largest absolute Gasteiger partial charge is 0.335 e. The molecule has 1 aliphatic carbocycles. The molecular weight excluding hydrogens is 278 g/mol. The number of carbonyl (C=O) groups is 1. The van der Waals surface area contributed by atoms with Crippen molar-refractivity contribution < 1.29 is 4.79 Å². The van der Waals surface area contributed by atoms with E-state index >= 15 is 0 Å². The fraction of sp³-hybridized carbons (Fsp3) is 0.500. The van der Waals surface area contributed by atoms with E-state index < -0.39 is 0 Å². The first-order valence-electron chi connectivity index (χ1n) is 6.22. The van der Waals surface area contributed by atoms with Crippen molar-refractivity contribution in [1.82, 2.24) is 4.90 Å². The van der Waals surface area contributed by atoms with E-state index in [1.807, 2.05) is 25.1 Å². The SMILES string of the molecule is Cc1ccc(Br)cc1C(=O)N1CC2CCC1C2. The van der Waals surface area contributed by atoms with Gasteiger partial charge >= 0.3 is 0 Å². The monoisotopic (exact) mass is 293 g/mol. The van der Waals surface area contributed by atoms with Crippen molar-refractivity contribution in [2.75, 3.05) is 6.54 Å². The third kappa shape index (κ3) is 1.90. The fourth-order valence-corrected chi connectivity index (χ4v) is 3.51. The quantitative estimate of drug-likeness (QED) is 0.777. The van der Waals surface area contributed by atoms with Crippen molar-refractivity contribution in [3.63, 3.8) is 0 Å². The van der Waals surface area contributed by atoms with Crippen LogP contribution in [0.4, 0.5) is 0 Å². The number of halogens is 1. The van der Waals surface area contributed by atoms with Crippen LogP contribution in [0.25, 0.3) is 0 Å². The average molecular weight is 294 g/mol. The molecule has 2 atom stereocenters. The highest BCUT2D eigenvalue weighted by Gasteiger charge is 2.40. The maximum Gasteiger partial charge on any atom is 0.254 e. The molecule has 2 unspecified atom stereocenters. The number of rotatable bonds is 1. The lowest BCUT2D eigenvalue weighted by atomic mass is 10.1. The van der Waals surface area contributed by atoms with E-state index in [1.54, 1.807) is 0 Å². The summed E-state index contributed by atoms with van der Waals surface area (Å²) >= 11 is 3.44. The number of hydrogen-bond acceptors (Lipinski definition) is 1. The summed E-state index contributed by atoms with van der Waals surface area (Å²) in [6.45, 7) is 2.98. The second-order valence-electron chi connectivity index (χ2n) is 5.25. The molecule has 2 bridgehead atoms. The topological polar surface area (TPSA) is 20.3 Å². The van der Waals surface area contributed by atoms with Gasteiger partial charge in [-0.1, -0.05) is 22.0 Å². The fourth-order valence-electron chi connectivity index (χ4n) is 3.15. The zero-order valence-corrected chi connectivity index (χ0v) is 11.5. The summed E-state index contributed by atoms with van der Waals surface area (Å²) in [6.07, 6.45) is 3.73. The van der Waals surface area contributed by atoms with Crippen molar-refractivity contribution in [2.45, 2.75) is 32.2 Å². The van der Waals surface area contributed by atoms with E-state index in [-0.39, 0.29) is 5.91 Å². The molecular formula is C14H16BrNO. The molecule has 3 heteroatoms. The molecule has 0 radical (unpaired) electrons. The Hall–Kier alpha value is -0.830. The number of carbonyl (C=O) groups excluding carboxylic acids is 1. The lowest BCUT2D eigenvalue weighted by Crippen LogP contribution is -2.37. The molecule has 2 fully saturated rings. The normalized spacial score (nSPS) is 26.6. The zero-order chi connectivity index (χ0) is 12.0. The van der Waals surface area contributed by atoms with E-state index in [4.69, 9.17) is 0 Å². The van der Waals surface area contributed by atoms with Crippen LogP contribution in [0.5, 0.6) is 0 Å². The Morgan fingerprint density at radius 2 is 2.24 bits per heavy atom. The minimum atomic E-state index is 0.219. The van der Waals surface area contributed by atoms with E-state index in [0.29, 0.717) is 6.04 Å². The van der Waals surface area contributed by atoms with Crippen LogP contribution in [0.1, 0.15) is 35.2 Å². The first-order chi connectivity index (χ1) is 8.15. The summed E-state index contributed by atoms with van der Waals surface area (Å²) in [6, 6.07) is 6.45. The molecule has 1 amide bonds. The summed E-state index contributed by atoms with van der Waals surface area (Å²) in [4.78, 5) is 14.6. The standard InChI is InChI=1S/C14H16BrNO/c1-9-2-4-11(15)7-13(9)14(17)16-8-10-3-5-12(16)6-10/h2,4,7,10,12H,3,5-6,8H2,1H3. The van der Waals surface area contributed by atoms with Gasteiger partial charge in [-0.15, -0.1) is 0 Å². The Kier molecular flexibility index (Phi) is 2.74. The van der Waals surface area contributed by atoms with E-state index in [9.17, 15) is 4.79 Å². The number of fused-ring (bicyclic) bond motifs is 2. The molecule has 0 aromatic heterocycles. The van der Waals surface area contributed by atoms with E-state index in [2.05, 4.69) is 20.8 Å². The minimum Gasteiger partial charge on any atom is -0.335 e. The molecule has 1 aromatic rings. The van der Waals surface area contributed by atoms with Crippen LogP contribution in [0.15, 0.2) is 22.7 Å². The second-order valence-corrected chi connectivity index (χ2v) is 6.17. The van der Waals surface area contributed by atoms with Gasteiger partial charge in [0.15, 0.2) is 0 Å². The van der Waals surface area contributed by atoms with Gasteiger partial charge < -0.3 is 4.90 Å². The number of hydrogen-bond donors (Lipinski definition) is 0. The number of benzene rings is 1. The molecule has 1 aromatic carbocycles. The first kappa shape index (κ1) is 11.3. The van der Waals surface area contributed by atoms with Crippen LogP contribution < -0.4 is 0 Å². The lowest BCUT2D eigenvalue weighted by Gasteiger charge is -2.27. The lowest BCUT2D eigenvalue weighted by molar-refractivity contribution is 0.0703. The number of aryl methyl sites for hydroxylation is 1. The van der Waals surface area contributed by atoms with Gasteiger partial charge in [-0.2, -0.15) is 0 Å². The molecule has 1 saturated heterocycles. The summed E-state index contributed by atoms with van der Waals surface area (Å²) in [5.74, 6) is 0.979. The second kappa shape index (κ2) is 4.13. The van der Waals surface area contributed by atoms with E-state index in [0.717, 1.165) is 28.1 Å². The van der Waals surface area contributed by atoms with Gasteiger partial charge in [-0.3, -0.25) is 4.79 Å². The predicted molar refractivity (Wildman–Crippen MR) is 71.0 cm³/mol. The van der Waals surface area contributed by atoms with Crippen molar-refractivity contribution in [1.29, 1.82) is 0 Å². The number of likely N-dealkylation sites (tertiary alicyclic amines) is 1. The summed E-state index contributed by atoms with van der Waals surface area (Å²) in [7, 11) is 0. The predicted octanol–water partition coefficient (Wildman–Crippen LogP) is 3.38. The Morgan fingerprint density at radius 3 is 2.88 bits per heavy atom. The Balaban J connectivity index is 1.89. The average Bonchev–Trinajstić information content (AvgIpc) is 2.93. The third-order valence-electron chi connectivity index (χ3n) is 4.10. The molecule has 0 N–H and O–H groups in total. The van der Waals surface area contributed by atoms with Crippen molar-refractivity contribution >= 4 is 21.8 Å². The highest BCUT2D eigenvalue weighted by molar-refractivity contribution is 9.10. The van der Waals surface area contributed by atoms with Crippen LogP contribution in [-0.4, -0.2) is 23.4 Å². The molecule has 1 aliphatic heterocycles. The molecule has 17 heavy (non-hydrogen) atoms. The third-order valence-corrected chi connectivity index (χ3v) is 4.59. The van der Waals surface area contributed by atoms with Gasteiger partial charge in [0.05, 0.1) is 0 Å². The Morgan fingerprint density at radius 1 is 1.41 bits per heavy atom. The minimum absolute atomic E-state index is 0.219. The van der Waals surface area contributed by atoms with Crippen LogP contribution in [0.3, 0.4) is 0 Å². The van der Waals surface area contributed by atoms with Crippen molar-refractivity contribution in [2.24, 2.45) is 5.92 Å². The number of piperidine rings is 1. The Bertz CT molecular complexity index is 471. The van der Waals surface area contributed by atoms with Crippen LogP contribution >= 0.6 is 15.9 Å². The Labute approximate surface area is 110 Å². The maximum atomic E-state index is 12.5. The molecule has 2 nitrogen and oxygen atoms in total. The number of nitrogens with zero attached hydrogens (tertiary/aromatic N) is 1. The molecule has 2 aliphatic rings. The summed E-state index contributed by atoms with van der Waals surface area (Å²) in [5, 5.41) is 0. The smallest absolute Gasteiger partial charge is 0.254 e. The van der Waals surface area contributed by atoms with Crippen LogP contribution in [0, 0.1) is 12.8 Å². The van der Waals surface area contributed by atoms with Crippen molar-refractivity contribution in [3.8, 4) is 0 Å². The van der Waals surface area contributed by atoms with Gasteiger partial charge in [0.2, 0.25) is 0 Å². The number of amides is 1. The van der Waals surface area contributed by atoms with Gasteiger partial charge in [0.1, 0.15) is 0 Å². The molecule has 3 rings (SSSR count). The summed E-state index contributed by atoms with van der Waals surface area (Å²) in [5.41, 5.74) is 1.92. The van der Waals surface area contributed by atoms with E-state index in [1.165, 1.54) is 19.3 Å². The van der Waals surface area contributed by atoms with Crippen LogP contribution in [-0.2, 0) is 0 Å². The van der Waals surface area contributed by atoms with Gasteiger partial charge in [-0.25, -0.2) is 0 Å². The molecule has 1 heterocycles. The molecule has 90 valence electrons. The van der Waals surface area contributed by atoms with Crippen LogP contribution in [0.2, 0.25) is 0 Å². The van der Waals surface area contributed by atoms with Gasteiger partial charge in [0, 0.05) is 22.6 Å². The van der Waals surface area contributed by atoms with Gasteiger partial charge in [-0.05, 0) is 49.8 Å².